The molecule has 8 nitrogen and oxygen atoms in total. The van der Waals surface area contributed by atoms with Crippen molar-refractivity contribution in [1.82, 2.24) is 15.3 Å². The molecular formula is C16H25N5O3. The number of nitrogens with one attached hydrogen (secondary N) is 1. The van der Waals surface area contributed by atoms with Crippen LogP contribution in [0.4, 0.5) is 11.6 Å². The number of methoxy groups -OCH3 is 1. The lowest BCUT2D eigenvalue weighted by Crippen LogP contribution is -2.36. The Morgan fingerprint density at radius 3 is 3.04 bits per heavy atom. The van der Waals surface area contributed by atoms with Gasteiger partial charge in [-0.05, 0) is 0 Å². The molecule has 3 heterocycles. The number of carbonyl (C=O) groups excluding carboxylic acids is 1. The topological polar surface area (TPSA) is 79.8 Å². The minimum absolute atomic E-state index is 0.0813. The summed E-state index contributed by atoms with van der Waals surface area (Å²) in [7, 11) is 5.45. The van der Waals surface area contributed by atoms with E-state index in [1.54, 1.807) is 6.33 Å². The number of amides is 1. The third-order valence-corrected chi connectivity index (χ3v) is 4.70. The van der Waals surface area contributed by atoms with Gasteiger partial charge in [-0.2, -0.15) is 0 Å². The fraction of sp³-hybridized carbons (Fsp3) is 0.688. The van der Waals surface area contributed by atoms with E-state index in [2.05, 4.69) is 20.2 Å². The summed E-state index contributed by atoms with van der Waals surface area (Å²) in [5, 5.41) is 2.92. The van der Waals surface area contributed by atoms with Gasteiger partial charge in [0, 0.05) is 58.7 Å². The Morgan fingerprint density at radius 1 is 1.46 bits per heavy atom. The number of carbonyl (C=O) groups is 1. The maximum atomic E-state index is 11.6. The normalized spacial score (nSPS) is 25.6. The van der Waals surface area contributed by atoms with E-state index in [9.17, 15) is 4.79 Å². The summed E-state index contributed by atoms with van der Waals surface area (Å²) in [6.45, 7) is 3.14. The highest BCUT2D eigenvalue weighted by atomic mass is 16.5. The molecule has 2 aliphatic heterocycles. The standard InChI is InChI=1S/C16H25N5O3/c1-20(2)14-4-15(19-10-18-14)21-6-12-11(8-24-13(12)7-21)5-17-16(22)9-23-3/h4,10-13H,5-9H2,1-3H3,(H,17,22)/t11-,12+,13+/m1/s1. The maximum Gasteiger partial charge on any atom is 0.245 e. The molecule has 3 rings (SSSR count). The Labute approximate surface area is 142 Å². The molecule has 2 fully saturated rings. The van der Waals surface area contributed by atoms with Crippen molar-refractivity contribution < 1.29 is 14.3 Å². The predicted octanol–water partition coefficient (Wildman–Crippen LogP) is -0.244. The van der Waals surface area contributed by atoms with Crippen LogP contribution in [0.3, 0.4) is 0 Å². The van der Waals surface area contributed by atoms with E-state index in [0.29, 0.717) is 25.0 Å². The molecule has 2 aliphatic rings. The van der Waals surface area contributed by atoms with Gasteiger partial charge in [0.15, 0.2) is 0 Å². The highest BCUT2D eigenvalue weighted by Crippen LogP contribution is 2.35. The Hall–Kier alpha value is -1.93. The van der Waals surface area contributed by atoms with E-state index in [4.69, 9.17) is 9.47 Å². The van der Waals surface area contributed by atoms with E-state index in [1.807, 2.05) is 25.1 Å². The first-order valence-electron chi connectivity index (χ1n) is 8.20. The minimum atomic E-state index is -0.0813. The molecule has 8 heteroatoms. The number of hydrogen-bond donors (Lipinski definition) is 1. The molecule has 24 heavy (non-hydrogen) atoms. The first-order chi connectivity index (χ1) is 11.6. The van der Waals surface area contributed by atoms with Crippen LogP contribution in [0.5, 0.6) is 0 Å². The van der Waals surface area contributed by atoms with Crippen molar-refractivity contribution in [3.63, 3.8) is 0 Å². The molecule has 0 aromatic carbocycles. The second kappa shape index (κ2) is 7.31. The highest BCUT2D eigenvalue weighted by Gasteiger charge is 2.44. The van der Waals surface area contributed by atoms with E-state index < -0.39 is 0 Å². The molecular weight excluding hydrogens is 310 g/mol. The van der Waals surface area contributed by atoms with Gasteiger partial charge in [0.05, 0.1) is 12.7 Å². The van der Waals surface area contributed by atoms with Gasteiger partial charge in [-0.25, -0.2) is 9.97 Å². The fourth-order valence-electron chi connectivity index (χ4n) is 3.38. The van der Waals surface area contributed by atoms with Gasteiger partial charge < -0.3 is 24.6 Å². The van der Waals surface area contributed by atoms with Gasteiger partial charge in [0.2, 0.25) is 5.91 Å². The van der Waals surface area contributed by atoms with Crippen LogP contribution >= 0.6 is 0 Å². The molecule has 0 radical (unpaired) electrons. The summed E-state index contributed by atoms with van der Waals surface area (Å²) in [6.07, 6.45) is 1.80. The first kappa shape index (κ1) is 16.9. The van der Waals surface area contributed by atoms with Gasteiger partial charge in [-0.3, -0.25) is 4.79 Å². The van der Waals surface area contributed by atoms with Crippen LogP contribution in [-0.2, 0) is 14.3 Å². The van der Waals surface area contributed by atoms with Gasteiger partial charge in [-0.1, -0.05) is 0 Å². The lowest BCUT2D eigenvalue weighted by atomic mass is 9.93. The van der Waals surface area contributed by atoms with Crippen molar-refractivity contribution in [3.05, 3.63) is 12.4 Å². The second-order valence-corrected chi connectivity index (χ2v) is 6.57. The van der Waals surface area contributed by atoms with Crippen molar-refractivity contribution in [1.29, 1.82) is 0 Å². The zero-order valence-corrected chi connectivity index (χ0v) is 14.4. The van der Waals surface area contributed by atoms with E-state index in [1.165, 1.54) is 7.11 Å². The quantitative estimate of drug-likeness (QED) is 0.768. The average Bonchev–Trinajstić information content (AvgIpc) is 3.14. The van der Waals surface area contributed by atoms with Crippen LogP contribution in [0.1, 0.15) is 0 Å². The number of ether oxygens (including phenoxy) is 2. The second-order valence-electron chi connectivity index (χ2n) is 6.57. The molecule has 1 N–H and O–H groups in total. The molecule has 132 valence electrons. The summed E-state index contributed by atoms with van der Waals surface area (Å²) in [4.78, 5) is 24.4. The van der Waals surface area contributed by atoms with Gasteiger partial charge in [-0.15, -0.1) is 0 Å². The van der Waals surface area contributed by atoms with Crippen molar-refractivity contribution in [3.8, 4) is 0 Å². The van der Waals surface area contributed by atoms with Crippen LogP contribution in [0.15, 0.2) is 12.4 Å². The van der Waals surface area contributed by atoms with Crippen LogP contribution in [0.2, 0.25) is 0 Å². The molecule has 1 amide bonds. The smallest absolute Gasteiger partial charge is 0.245 e. The largest absolute Gasteiger partial charge is 0.376 e. The summed E-state index contributed by atoms with van der Waals surface area (Å²) in [5.74, 6) is 2.47. The lowest BCUT2D eigenvalue weighted by molar-refractivity contribution is -0.124. The van der Waals surface area contributed by atoms with Crippen molar-refractivity contribution in [2.75, 3.05) is 63.9 Å². The van der Waals surface area contributed by atoms with Crippen molar-refractivity contribution in [2.45, 2.75) is 6.10 Å². The first-order valence-corrected chi connectivity index (χ1v) is 8.20. The maximum absolute atomic E-state index is 11.6. The Bertz CT molecular complexity index is 583. The van der Waals surface area contributed by atoms with Crippen molar-refractivity contribution >= 4 is 17.5 Å². The van der Waals surface area contributed by atoms with Crippen molar-refractivity contribution in [2.24, 2.45) is 11.8 Å². The molecule has 0 aliphatic carbocycles. The third-order valence-electron chi connectivity index (χ3n) is 4.70. The third kappa shape index (κ3) is 3.59. The molecule has 0 spiro atoms. The van der Waals surface area contributed by atoms with Gasteiger partial charge in [0.25, 0.3) is 0 Å². The Balaban J connectivity index is 1.60. The number of aromatic nitrogens is 2. The van der Waals surface area contributed by atoms with Crippen LogP contribution < -0.4 is 15.1 Å². The van der Waals surface area contributed by atoms with Crippen LogP contribution in [0, 0.1) is 11.8 Å². The van der Waals surface area contributed by atoms with Crippen LogP contribution in [0.25, 0.3) is 0 Å². The molecule has 1 aromatic heterocycles. The lowest BCUT2D eigenvalue weighted by Gasteiger charge is -2.22. The number of nitrogens with zero attached hydrogens (tertiary/aromatic N) is 4. The van der Waals surface area contributed by atoms with E-state index >= 15 is 0 Å². The minimum Gasteiger partial charge on any atom is -0.376 e. The summed E-state index contributed by atoms with van der Waals surface area (Å²) < 4.78 is 10.8. The molecule has 0 bridgehead atoms. The molecule has 0 unspecified atom stereocenters. The average molecular weight is 335 g/mol. The van der Waals surface area contributed by atoms with Gasteiger partial charge in [0.1, 0.15) is 24.6 Å². The summed E-state index contributed by atoms with van der Waals surface area (Å²) in [6, 6.07) is 2.00. The Kier molecular flexibility index (Phi) is 5.15. The zero-order chi connectivity index (χ0) is 17.1. The zero-order valence-electron chi connectivity index (χ0n) is 14.4. The molecule has 0 saturated carbocycles. The number of hydrogen-bond acceptors (Lipinski definition) is 7. The summed E-state index contributed by atoms with van der Waals surface area (Å²) >= 11 is 0. The van der Waals surface area contributed by atoms with Gasteiger partial charge >= 0.3 is 0 Å². The summed E-state index contributed by atoms with van der Waals surface area (Å²) in [5.41, 5.74) is 0. The van der Waals surface area contributed by atoms with E-state index in [-0.39, 0.29) is 18.6 Å². The number of rotatable bonds is 6. The van der Waals surface area contributed by atoms with E-state index in [0.717, 1.165) is 24.7 Å². The Morgan fingerprint density at radius 2 is 2.29 bits per heavy atom. The molecule has 3 atom stereocenters. The molecule has 1 aromatic rings. The molecule has 2 saturated heterocycles. The highest BCUT2D eigenvalue weighted by molar-refractivity contribution is 5.77. The monoisotopic (exact) mass is 335 g/mol. The number of anilines is 2. The fourth-order valence-corrected chi connectivity index (χ4v) is 3.38. The van der Waals surface area contributed by atoms with Crippen LogP contribution in [-0.4, -0.2) is 76.0 Å². The predicted molar refractivity (Wildman–Crippen MR) is 90.2 cm³/mol. The number of fused-ring (bicyclic) bond motifs is 1. The SMILES string of the molecule is COCC(=O)NC[C@@H]1CO[C@H]2CN(c3cc(N(C)C)ncn3)C[C@@H]12.